The van der Waals surface area contributed by atoms with E-state index in [0.717, 1.165) is 12.0 Å². The molecule has 1 heterocycles. The molecule has 5 nitrogen and oxygen atoms in total. The smallest absolute Gasteiger partial charge is 0.325 e. The summed E-state index contributed by atoms with van der Waals surface area (Å²) in [5.41, 5.74) is 7.12. The number of benzene rings is 1. The second-order valence-corrected chi connectivity index (χ2v) is 3.85. The first kappa shape index (κ1) is 11.7. The Balaban J connectivity index is 2.44. The Hall–Kier alpha value is -1.75. The third kappa shape index (κ3) is 2.19. The molecule has 3 N–H and O–H groups in total. The molecule has 0 bridgehead atoms. The van der Waals surface area contributed by atoms with E-state index in [4.69, 9.17) is 20.3 Å². The van der Waals surface area contributed by atoms with Crippen LogP contribution in [0.25, 0.3) is 0 Å². The molecule has 1 aromatic carbocycles. The summed E-state index contributed by atoms with van der Waals surface area (Å²) in [4.78, 5) is 10.9. The van der Waals surface area contributed by atoms with Gasteiger partial charge in [-0.3, -0.25) is 4.79 Å². The van der Waals surface area contributed by atoms with Crippen molar-refractivity contribution in [2.75, 3.05) is 13.2 Å². The van der Waals surface area contributed by atoms with Gasteiger partial charge < -0.3 is 20.3 Å². The molecule has 1 atom stereocenters. The number of aliphatic carboxylic acids is 1. The number of hydrogen-bond donors (Lipinski definition) is 2. The van der Waals surface area contributed by atoms with Crippen molar-refractivity contribution in [1.29, 1.82) is 0 Å². The average Bonchev–Trinajstić information content (AvgIpc) is 2.74. The molecule has 0 radical (unpaired) electrons. The molecule has 2 rings (SSSR count). The van der Waals surface area contributed by atoms with Gasteiger partial charge in [0.2, 0.25) is 0 Å². The normalized spacial score (nSPS) is 14.9. The molecular formula is C12H15NO4. The lowest BCUT2D eigenvalue weighted by molar-refractivity contribution is -0.138. The maximum absolute atomic E-state index is 10.9. The van der Waals surface area contributed by atoms with Crippen molar-refractivity contribution in [2.45, 2.75) is 19.4 Å². The fourth-order valence-corrected chi connectivity index (χ4v) is 1.88. The highest BCUT2D eigenvalue weighted by atomic mass is 16.5. The number of nitrogens with two attached hydrogens (primary N) is 1. The van der Waals surface area contributed by atoms with E-state index in [1.54, 1.807) is 6.07 Å². The molecule has 0 saturated carbocycles. The zero-order valence-corrected chi connectivity index (χ0v) is 9.60. The molecule has 1 aliphatic heterocycles. The highest BCUT2D eigenvalue weighted by Gasteiger charge is 2.23. The van der Waals surface area contributed by atoms with Crippen LogP contribution in [0.15, 0.2) is 12.1 Å². The first-order chi connectivity index (χ1) is 8.13. The van der Waals surface area contributed by atoms with Crippen LogP contribution in [0.3, 0.4) is 0 Å². The van der Waals surface area contributed by atoms with Crippen LogP contribution in [0.5, 0.6) is 11.5 Å². The van der Waals surface area contributed by atoms with Crippen LogP contribution >= 0.6 is 0 Å². The van der Waals surface area contributed by atoms with Crippen LogP contribution in [0.2, 0.25) is 0 Å². The largest absolute Gasteiger partial charge is 0.494 e. The van der Waals surface area contributed by atoms with Crippen molar-refractivity contribution in [2.24, 2.45) is 5.73 Å². The standard InChI is InChI=1S/C12H15NO4/c1-2-16-10-5-7-3-4-17-9(7)6-8(10)11(13)12(14)15/h5-6,11H,2-4,13H2,1H3,(H,14,15). The Kier molecular flexibility index (Phi) is 3.19. The molecule has 0 amide bonds. The molecule has 92 valence electrons. The minimum atomic E-state index is -1.09. The van der Waals surface area contributed by atoms with Crippen molar-refractivity contribution in [3.05, 3.63) is 23.3 Å². The van der Waals surface area contributed by atoms with E-state index in [0.29, 0.717) is 30.3 Å². The average molecular weight is 237 g/mol. The van der Waals surface area contributed by atoms with Gasteiger partial charge in [0.15, 0.2) is 0 Å². The molecule has 0 saturated heterocycles. The van der Waals surface area contributed by atoms with Gasteiger partial charge in [-0.05, 0) is 19.1 Å². The maximum atomic E-state index is 10.9. The lowest BCUT2D eigenvalue weighted by Gasteiger charge is -2.15. The lowest BCUT2D eigenvalue weighted by Crippen LogP contribution is -2.21. The maximum Gasteiger partial charge on any atom is 0.325 e. The predicted molar refractivity (Wildman–Crippen MR) is 61.4 cm³/mol. The van der Waals surface area contributed by atoms with E-state index in [2.05, 4.69) is 0 Å². The Bertz CT molecular complexity index is 444. The van der Waals surface area contributed by atoms with Crippen LogP contribution in [0.1, 0.15) is 24.1 Å². The molecule has 1 unspecified atom stereocenters. The van der Waals surface area contributed by atoms with Gasteiger partial charge in [-0.2, -0.15) is 0 Å². The Morgan fingerprint density at radius 1 is 1.65 bits per heavy atom. The minimum absolute atomic E-state index is 0.458. The molecule has 0 aliphatic carbocycles. The summed E-state index contributed by atoms with van der Waals surface area (Å²) in [6.07, 6.45) is 0.817. The third-order valence-corrected chi connectivity index (χ3v) is 2.72. The number of rotatable bonds is 4. The fourth-order valence-electron chi connectivity index (χ4n) is 1.88. The highest BCUT2D eigenvalue weighted by Crippen LogP contribution is 2.35. The van der Waals surface area contributed by atoms with Crippen molar-refractivity contribution in [3.8, 4) is 11.5 Å². The van der Waals surface area contributed by atoms with Crippen LogP contribution < -0.4 is 15.2 Å². The number of fused-ring (bicyclic) bond motifs is 1. The molecule has 17 heavy (non-hydrogen) atoms. The number of carboxylic acids is 1. The molecule has 1 aliphatic rings. The predicted octanol–water partition coefficient (Wildman–Crippen LogP) is 1.10. The van der Waals surface area contributed by atoms with E-state index in [1.807, 2.05) is 13.0 Å². The molecule has 0 spiro atoms. The van der Waals surface area contributed by atoms with Gasteiger partial charge in [0, 0.05) is 17.5 Å². The Labute approximate surface area is 99.1 Å². The van der Waals surface area contributed by atoms with E-state index in [1.165, 1.54) is 0 Å². The molecular weight excluding hydrogens is 222 g/mol. The second-order valence-electron chi connectivity index (χ2n) is 3.85. The second kappa shape index (κ2) is 4.63. The number of ether oxygens (including phenoxy) is 2. The van der Waals surface area contributed by atoms with Crippen LogP contribution in [0, 0.1) is 0 Å². The lowest BCUT2D eigenvalue weighted by atomic mass is 10.0. The van der Waals surface area contributed by atoms with Gasteiger partial charge >= 0.3 is 5.97 Å². The summed E-state index contributed by atoms with van der Waals surface area (Å²) < 4.78 is 10.8. The summed E-state index contributed by atoms with van der Waals surface area (Å²) in [7, 11) is 0. The number of hydrogen-bond acceptors (Lipinski definition) is 4. The SMILES string of the molecule is CCOc1cc2c(cc1C(N)C(=O)O)OCC2. The number of carboxylic acid groups (broad SMARTS) is 1. The van der Waals surface area contributed by atoms with Gasteiger partial charge in [-0.1, -0.05) is 0 Å². The van der Waals surface area contributed by atoms with Crippen LogP contribution in [-0.4, -0.2) is 24.3 Å². The Morgan fingerprint density at radius 3 is 3.06 bits per heavy atom. The number of carbonyl (C=O) groups is 1. The summed E-state index contributed by atoms with van der Waals surface area (Å²) >= 11 is 0. The van der Waals surface area contributed by atoms with Gasteiger partial charge in [-0.25, -0.2) is 0 Å². The first-order valence-electron chi connectivity index (χ1n) is 5.54. The van der Waals surface area contributed by atoms with E-state index in [9.17, 15) is 4.79 Å². The van der Waals surface area contributed by atoms with E-state index < -0.39 is 12.0 Å². The van der Waals surface area contributed by atoms with Crippen molar-refractivity contribution in [1.82, 2.24) is 0 Å². The zero-order chi connectivity index (χ0) is 12.4. The van der Waals surface area contributed by atoms with Crippen LogP contribution in [0.4, 0.5) is 0 Å². The van der Waals surface area contributed by atoms with Crippen LogP contribution in [-0.2, 0) is 11.2 Å². The molecule has 0 fully saturated rings. The summed E-state index contributed by atoms with van der Waals surface area (Å²) in [5, 5.41) is 8.96. The fraction of sp³-hybridized carbons (Fsp3) is 0.417. The van der Waals surface area contributed by atoms with E-state index >= 15 is 0 Å². The summed E-state index contributed by atoms with van der Waals surface area (Å²) in [6, 6.07) is 2.40. The van der Waals surface area contributed by atoms with Gasteiger partial charge in [0.25, 0.3) is 0 Å². The topological polar surface area (TPSA) is 81.8 Å². The minimum Gasteiger partial charge on any atom is -0.494 e. The van der Waals surface area contributed by atoms with Crippen molar-refractivity contribution >= 4 is 5.97 Å². The molecule has 1 aromatic rings. The zero-order valence-electron chi connectivity index (χ0n) is 9.60. The molecule has 5 heteroatoms. The monoisotopic (exact) mass is 237 g/mol. The Morgan fingerprint density at radius 2 is 2.41 bits per heavy atom. The van der Waals surface area contributed by atoms with Crippen molar-refractivity contribution in [3.63, 3.8) is 0 Å². The summed E-state index contributed by atoms with van der Waals surface area (Å²) in [5.74, 6) is 0.163. The van der Waals surface area contributed by atoms with Gasteiger partial charge in [-0.15, -0.1) is 0 Å². The highest BCUT2D eigenvalue weighted by molar-refractivity contribution is 5.77. The quantitative estimate of drug-likeness (QED) is 0.819. The summed E-state index contributed by atoms with van der Waals surface area (Å²) in [6.45, 7) is 2.94. The first-order valence-corrected chi connectivity index (χ1v) is 5.54. The third-order valence-electron chi connectivity index (χ3n) is 2.72. The van der Waals surface area contributed by atoms with Crippen molar-refractivity contribution < 1.29 is 19.4 Å². The van der Waals surface area contributed by atoms with E-state index in [-0.39, 0.29) is 0 Å². The molecule has 0 aromatic heterocycles. The van der Waals surface area contributed by atoms with Gasteiger partial charge in [0.05, 0.1) is 13.2 Å². The van der Waals surface area contributed by atoms with Gasteiger partial charge in [0.1, 0.15) is 17.5 Å².